The molecular weight excluding hydrogens is 376 g/mol. The van der Waals surface area contributed by atoms with Crippen LogP contribution in [-0.2, 0) is 14.8 Å². The molecule has 1 fully saturated rings. The second-order valence-electron chi connectivity index (χ2n) is 6.17. The molecule has 0 aromatic heterocycles. The Kier molecular flexibility index (Phi) is 5.38. The van der Waals surface area contributed by atoms with Gasteiger partial charge >= 0.3 is 0 Å². The minimum absolute atomic E-state index is 0.0870. The van der Waals surface area contributed by atoms with E-state index in [-0.39, 0.29) is 23.5 Å². The van der Waals surface area contributed by atoms with Crippen molar-refractivity contribution in [2.45, 2.75) is 30.7 Å². The van der Waals surface area contributed by atoms with E-state index in [1.165, 1.54) is 24.3 Å². The summed E-state index contributed by atoms with van der Waals surface area (Å²) in [6.45, 7) is 1.74. The van der Waals surface area contributed by atoms with Crippen molar-refractivity contribution in [1.29, 1.82) is 0 Å². The summed E-state index contributed by atoms with van der Waals surface area (Å²) >= 11 is 6.02. The fourth-order valence-corrected chi connectivity index (χ4v) is 3.46. The number of halogens is 1. The van der Waals surface area contributed by atoms with E-state index < -0.39 is 10.0 Å². The molecule has 1 aliphatic rings. The fraction of sp³-hybridized carbons (Fsp3) is 0.278. The summed E-state index contributed by atoms with van der Waals surface area (Å²) < 4.78 is 32.7. The molecule has 138 valence electrons. The van der Waals surface area contributed by atoms with Crippen molar-refractivity contribution in [1.82, 2.24) is 5.32 Å². The number of anilines is 1. The van der Waals surface area contributed by atoms with Crippen LogP contribution in [0.4, 0.5) is 5.69 Å². The van der Waals surface area contributed by atoms with Crippen LogP contribution in [0.1, 0.15) is 18.4 Å². The molecule has 8 heteroatoms. The Morgan fingerprint density at radius 1 is 1.19 bits per heavy atom. The molecule has 2 N–H and O–H groups in total. The Balaban J connectivity index is 1.62. The van der Waals surface area contributed by atoms with E-state index in [4.69, 9.17) is 16.3 Å². The van der Waals surface area contributed by atoms with Crippen LogP contribution < -0.4 is 14.8 Å². The number of amides is 1. The predicted octanol–water partition coefficient (Wildman–Crippen LogP) is 3.11. The maximum Gasteiger partial charge on any atom is 0.261 e. The predicted molar refractivity (Wildman–Crippen MR) is 100 cm³/mol. The van der Waals surface area contributed by atoms with E-state index in [9.17, 15) is 13.2 Å². The van der Waals surface area contributed by atoms with Gasteiger partial charge in [0.2, 0.25) is 0 Å². The first-order chi connectivity index (χ1) is 12.3. The molecule has 1 aliphatic carbocycles. The van der Waals surface area contributed by atoms with Crippen LogP contribution in [0.25, 0.3) is 0 Å². The smallest absolute Gasteiger partial charge is 0.261 e. The molecular formula is C18H19ClN2O4S. The number of hydrogen-bond acceptors (Lipinski definition) is 4. The number of nitrogens with one attached hydrogen (secondary N) is 2. The van der Waals surface area contributed by atoms with Crippen LogP contribution in [0, 0.1) is 6.92 Å². The van der Waals surface area contributed by atoms with Gasteiger partial charge in [0.25, 0.3) is 15.9 Å². The summed E-state index contributed by atoms with van der Waals surface area (Å²) in [5, 5.41) is 3.30. The highest BCUT2D eigenvalue weighted by Gasteiger charge is 2.23. The first-order valence-corrected chi connectivity index (χ1v) is 10.0. The van der Waals surface area contributed by atoms with E-state index in [1.54, 1.807) is 18.2 Å². The third-order valence-electron chi connectivity index (χ3n) is 3.87. The van der Waals surface area contributed by atoms with Crippen LogP contribution in [0.2, 0.25) is 5.02 Å². The second-order valence-corrected chi connectivity index (χ2v) is 8.26. The van der Waals surface area contributed by atoms with E-state index in [0.717, 1.165) is 18.4 Å². The molecule has 0 unspecified atom stereocenters. The highest BCUT2D eigenvalue weighted by molar-refractivity contribution is 7.92. The quantitative estimate of drug-likeness (QED) is 0.755. The zero-order valence-corrected chi connectivity index (χ0v) is 15.7. The van der Waals surface area contributed by atoms with Gasteiger partial charge in [0.1, 0.15) is 5.75 Å². The highest BCUT2D eigenvalue weighted by Crippen LogP contribution is 2.23. The standard InChI is InChI=1S/C18H19ClN2O4S/c1-12-2-3-14(10-17(12)19)21-26(23,24)16-8-6-15(7-9-16)25-11-18(22)20-13-4-5-13/h2-3,6-10,13,21H,4-5,11H2,1H3,(H,20,22). The monoisotopic (exact) mass is 394 g/mol. The van der Waals surface area contributed by atoms with Gasteiger partial charge in [-0.1, -0.05) is 17.7 Å². The van der Waals surface area contributed by atoms with Crippen molar-refractivity contribution in [3.63, 3.8) is 0 Å². The molecule has 6 nitrogen and oxygen atoms in total. The summed E-state index contributed by atoms with van der Waals surface area (Å²) in [5.74, 6) is 0.246. The Morgan fingerprint density at radius 2 is 1.88 bits per heavy atom. The van der Waals surface area contributed by atoms with Crippen LogP contribution in [0.15, 0.2) is 47.4 Å². The van der Waals surface area contributed by atoms with Crippen molar-refractivity contribution < 1.29 is 17.9 Å². The number of carbonyl (C=O) groups excluding carboxylic acids is 1. The Morgan fingerprint density at radius 3 is 2.50 bits per heavy atom. The largest absolute Gasteiger partial charge is 0.484 e. The van der Waals surface area contributed by atoms with Gasteiger partial charge in [0.05, 0.1) is 10.6 Å². The minimum atomic E-state index is -3.74. The Labute approximate surface area is 157 Å². The van der Waals surface area contributed by atoms with Crippen LogP contribution >= 0.6 is 11.6 Å². The first-order valence-electron chi connectivity index (χ1n) is 8.15. The van der Waals surface area contributed by atoms with Crippen LogP contribution in [0.5, 0.6) is 5.75 Å². The molecule has 0 radical (unpaired) electrons. The number of sulfonamides is 1. The molecule has 3 rings (SSSR count). The summed E-state index contributed by atoms with van der Waals surface area (Å²) in [6.07, 6.45) is 2.02. The van der Waals surface area contributed by atoms with E-state index >= 15 is 0 Å². The number of ether oxygens (including phenoxy) is 1. The SMILES string of the molecule is Cc1ccc(NS(=O)(=O)c2ccc(OCC(=O)NC3CC3)cc2)cc1Cl. The zero-order chi connectivity index (χ0) is 18.7. The highest BCUT2D eigenvalue weighted by atomic mass is 35.5. The third-order valence-corrected chi connectivity index (χ3v) is 5.67. The van der Waals surface area contributed by atoms with Gasteiger partial charge in [-0.05, 0) is 61.7 Å². The molecule has 2 aromatic rings. The fourth-order valence-electron chi connectivity index (χ4n) is 2.23. The lowest BCUT2D eigenvalue weighted by Crippen LogP contribution is -2.30. The second kappa shape index (κ2) is 7.55. The maximum absolute atomic E-state index is 12.4. The number of aryl methyl sites for hydroxylation is 1. The van der Waals surface area contributed by atoms with Crippen molar-refractivity contribution in [2.75, 3.05) is 11.3 Å². The third kappa shape index (κ3) is 4.89. The molecule has 0 saturated heterocycles. The summed E-state index contributed by atoms with van der Waals surface area (Å²) in [6, 6.07) is 11.1. The minimum Gasteiger partial charge on any atom is -0.484 e. The van der Waals surface area contributed by atoms with Crippen molar-refractivity contribution in [3.05, 3.63) is 53.1 Å². The first kappa shape index (κ1) is 18.5. The topological polar surface area (TPSA) is 84.5 Å². The van der Waals surface area contributed by atoms with Gasteiger partial charge in [-0.25, -0.2) is 8.42 Å². The summed E-state index contributed by atoms with van der Waals surface area (Å²) in [4.78, 5) is 11.7. The van der Waals surface area contributed by atoms with Gasteiger partial charge in [0, 0.05) is 11.1 Å². The molecule has 2 aromatic carbocycles. The molecule has 1 amide bonds. The van der Waals surface area contributed by atoms with Gasteiger partial charge in [0.15, 0.2) is 6.61 Å². The summed E-state index contributed by atoms with van der Waals surface area (Å²) in [5.41, 5.74) is 1.25. The van der Waals surface area contributed by atoms with Gasteiger partial charge in [-0.2, -0.15) is 0 Å². The lowest BCUT2D eigenvalue weighted by molar-refractivity contribution is -0.123. The van der Waals surface area contributed by atoms with Crippen molar-refractivity contribution >= 4 is 33.2 Å². The van der Waals surface area contributed by atoms with Crippen molar-refractivity contribution in [2.24, 2.45) is 0 Å². The van der Waals surface area contributed by atoms with E-state index in [2.05, 4.69) is 10.0 Å². The van der Waals surface area contributed by atoms with Gasteiger partial charge in [-0.15, -0.1) is 0 Å². The molecule has 0 spiro atoms. The molecule has 0 atom stereocenters. The number of benzene rings is 2. The lowest BCUT2D eigenvalue weighted by Gasteiger charge is -2.10. The van der Waals surface area contributed by atoms with E-state index in [0.29, 0.717) is 16.5 Å². The molecule has 0 bridgehead atoms. The van der Waals surface area contributed by atoms with Crippen molar-refractivity contribution in [3.8, 4) is 5.75 Å². The molecule has 1 saturated carbocycles. The average molecular weight is 395 g/mol. The number of rotatable bonds is 7. The number of carbonyl (C=O) groups is 1. The summed E-state index contributed by atoms with van der Waals surface area (Å²) in [7, 11) is -3.74. The lowest BCUT2D eigenvalue weighted by atomic mass is 10.2. The van der Waals surface area contributed by atoms with E-state index in [1.807, 2.05) is 6.92 Å². The molecule has 0 aliphatic heterocycles. The normalized spacial score (nSPS) is 13.9. The zero-order valence-electron chi connectivity index (χ0n) is 14.2. The van der Waals surface area contributed by atoms with Crippen LogP contribution in [-0.4, -0.2) is 27.0 Å². The number of hydrogen-bond donors (Lipinski definition) is 2. The average Bonchev–Trinajstić information content (AvgIpc) is 3.40. The Bertz CT molecular complexity index is 909. The molecule has 26 heavy (non-hydrogen) atoms. The van der Waals surface area contributed by atoms with Crippen LogP contribution in [0.3, 0.4) is 0 Å². The molecule has 0 heterocycles. The Hall–Kier alpha value is -2.25. The maximum atomic E-state index is 12.4. The van der Waals surface area contributed by atoms with Gasteiger partial charge in [-0.3, -0.25) is 9.52 Å². The van der Waals surface area contributed by atoms with Gasteiger partial charge < -0.3 is 10.1 Å².